The molecule has 1 aliphatic carbocycles. The molecular formula is C12H23NO3. The van der Waals surface area contributed by atoms with Gasteiger partial charge in [-0.25, -0.2) is 0 Å². The molecule has 1 unspecified atom stereocenters. The summed E-state index contributed by atoms with van der Waals surface area (Å²) in [5.41, 5.74) is -0.854. The number of hydrogen-bond donors (Lipinski definition) is 2. The lowest BCUT2D eigenvalue weighted by molar-refractivity contribution is -0.145. The van der Waals surface area contributed by atoms with Crippen LogP contribution in [0.2, 0.25) is 0 Å². The summed E-state index contributed by atoms with van der Waals surface area (Å²) in [5, 5.41) is 12.1. The van der Waals surface area contributed by atoms with E-state index in [1.54, 1.807) is 6.92 Å². The molecular weight excluding hydrogens is 206 g/mol. The minimum Gasteiger partial charge on any atom is -0.480 e. The predicted molar refractivity (Wildman–Crippen MR) is 62.5 cm³/mol. The van der Waals surface area contributed by atoms with Gasteiger partial charge in [0.05, 0.1) is 6.10 Å². The predicted octanol–water partition coefficient (Wildman–Crippen LogP) is 1.79. The summed E-state index contributed by atoms with van der Waals surface area (Å²) in [6.07, 6.45) is 5.63. The van der Waals surface area contributed by atoms with E-state index in [-0.39, 0.29) is 0 Å². The molecule has 1 aliphatic rings. The third kappa shape index (κ3) is 3.76. The second-order valence-corrected chi connectivity index (χ2v) is 4.69. The third-order valence-corrected chi connectivity index (χ3v) is 3.30. The second kappa shape index (κ2) is 6.21. The van der Waals surface area contributed by atoms with E-state index in [9.17, 15) is 4.79 Å². The largest absolute Gasteiger partial charge is 0.480 e. The molecule has 0 radical (unpaired) electrons. The van der Waals surface area contributed by atoms with E-state index in [1.165, 1.54) is 12.8 Å². The van der Waals surface area contributed by atoms with E-state index in [2.05, 4.69) is 5.32 Å². The topological polar surface area (TPSA) is 58.6 Å². The van der Waals surface area contributed by atoms with Crippen LogP contribution in [0, 0.1) is 0 Å². The lowest BCUT2D eigenvalue weighted by atomic mass is 9.98. The molecule has 0 heterocycles. The van der Waals surface area contributed by atoms with Crippen LogP contribution in [0.3, 0.4) is 0 Å². The quantitative estimate of drug-likeness (QED) is 0.698. The minimum absolute atomic E-state index is 0.361. The number of nitrogens with one attached hydrogen (secondary N) is 1. The van der Waals surface area contributed by atoms with E-state index < -0.39 is 11.5 Å². The van der Waals surface area contributed by atoms with Crippen molar-refractivity contribution in [2.24, 2.45) is 0 Å². The van der Waals surface area contributed by atoms with Crippen LogP contribution in [0.5, 0.6) is 0 Å². The van der Waals surface area contributed by atoms with Crippen molar-refractivity contribution in [3.63, 3.8) is 0 Å². The van der Waals surface area contributed by atoms with Crippen LogP contribution in [-0.2, 0) is 9.53 Å². The molecule has 4 heteroatoms. The van der Waals surface area contributed by atoms with Gasteiger partial charge < -0.3 is 15.2 Å². The van der Waals surface area contributed by atoms with Crippen molar-refractivity contribution in [1.29, 1.82) is 0 Å². The molecule has 0 aromatic rings. The Kier molecular flexibility index (Phi) is 5.22. The van der Waals surface area contributed by atoms with Crippen LogP contribution in [-0.4, -0.2) is 35.9 Å². The summed E-state index contributed by atoms with van der Waals surface area (Å²) in [6.45, 7) is 4.82. The molecule has 94 valence electrons. The fourth-order valence-corrected chi connectivity index (χ4v) is 2.15. The average Bonchev–Trinajstić information content (AvgIpc) is 2.70. The van der Waals surface area contributed by atoms with Crippen LogP contribution < -0.4 is 5.32 Å². The van der Waals surface area contributed by atoms with Crippen molar-refractivity contribution in [1.82, 2.24) is 5.32 Å². The molecule has 0 bridgehead atoms. The van der Waals surface area contributed by atoms with Crippen molar-refractivity contribution in [3.05, 3.63) is 0 Å². The molecule has 0 spiro atoms. The molecule has 0 aliphatic heterocycles. The molecule has 1 saturated carbocycles. The Hall–Kier alpha value is -0.610. The molecule has 1 rings (SSSR count). The Morgan fingerprint density at radius 3 is 2.62 bits per heavy atom. The van der Waals surface area contributed by atoms with Crippen molar-refractivity contribution in [2.45, 2.75) is 57.6 Å². The molecule has 2 N–H and O–H groups in total. The molecule has 0 saturated heterocycles. The Bertz CT molecular complexity index is 226. The van der Waals surface area contributed by atoms with E-state index in [0.717, 1.165) is 12.8 Å². The minimum atomic E-state index is -0.854. The van der Waals surface area contributed by atoms with E-state index in [1.807, 2.05) is 6.92 Å². The second-order valence-electron chi connectivity index (χ2n) is 4.69. The summed E-state index contributed by atoms with van der Waals surface area (Å²) in [6, 6.07) is 0. The first-order chi connectivity index (χ1) is 7.58. The number of hydrogen-bond acceptors (Lipinski definition) is 3. The standard InChI is InChI=1S/C12H23NO3/c1-3-13-12(2,11(14)15)8-9-16-10-6-4-5-7-10/h10,13H,3-9H2,1-2H3,(H,14,15). The van der Waals surface area contributed by atoms with Crippen LogP contribution in [0.25, 0.3) is 0 Å². The Morgan fingerprint density at radius 1 is 1.50 bits per heavy atom. The Morgan fingerprint density at radius 2 is 2.12 bits per heavy atom. The average molecular weight is 229 g/mol. The van der Waals surface area contributed by atoms with E-state index in [4.69, 9.17) is 9.84 Å². The molecule has 16 heavy (non-hydrogen) atoms. The smallest absolute Gasteiger partial charge is 0.323 e. The first kappa shape index (κ1) is 13.5. The summed E-state index contributed by atoms with van der Waals surface area (Å²) in [5.74, 6) is -0.802. The van der Waals surface area contributed by atoms with Gasteiger partial charge in [-0.3, -0.25) is 4.79 Å². The van der Waals surface area contributed by atoms with Gasteiger partial charge in [-0.15, -0.1) is 0 Å². The van der Waals surface area contributed by atoms with Crippen LogP contribution in [0.1, 0.15) is 46.0 Å². The molecule has 0 aromatic carbocycles. The summed E-state index contributed by atoms with van der Waals surface area (Å²) in [4.78, 5) is 11.1. The van der Waals surface area contributed by atoms with Gasteiger partial charge in [0.1, 0.15) is 5.54 Å². The van der Waals surface area contributed by atoms with Gasteiger partial charge in [-0.1, -0.05) is 19.8 Å². The van der Waals surface area contributed by atoms with Gasteiger partial charge in [-0.2, -0.15) is 0 Å². The monoisotopic (exact) mass is 229 g/mol. The SMILES string of the molecule is CCNC(C)(CCOC1CCCC1)C(=O)O. The number of carboxylic acids is 1. The van der Waals surface area contributed by atoms with Gasteiger partial charge in [0.15, 0.2) is 0 Å². The summed E-state index contributed by atoms with van der Waals surface area (Å²) in [7, 11) is 0. The highest BCUT2D eigenvalue weighted by molar-refractivity contribution is 5.78. The fraction of sp³-hybridized carbons (Fsp3) is 0.917. The fourth-order valence-electron chi connectivity index (χ4n) is 2.15. The maximum Gasteiger partial charge on any atom is 0.323 e. The molecule has 0 aromatic heterocycles. The number of aliphatic carboxylic acids is 1. The normalized spacial score (nSPS) is 20.9. The zero-order chi connectivity index (χ0) is 12.0. The lowest BCUT2D eigenvalue weighted by Crippen LogP contribution is -2.50. The Balaban J connectivity index is 2.29. The van der Waals surface area contributed by atoms with E-state index >= 15 is 0 Å². The first-order valence-corrected chi connectivity index (χ1v) is 6.18. The van der Waals surface area contributed by atoms with Crippen molar-refractivity contribution in [2.75, 3.05) is 13.2 Å². The van der Waals surface area contributed by atoms with Crippen LogP contribution >= 0.6 is 0 Å². The lowest BCUT2D eigenvalue weighted by Gasteiger charge is -2.26. The Labute approximate surface area is 97.4 Å². The number of rotatable bonds is 7. The summed E-state index contributed by atoms with van der Waals surface area (Å²) >= 11 is 0. The third-order valence-electron chi connectivity index (χ3n) is 3.30. The van der Waals surface area contributed by atoms with Gasteiger partial charge in [0.25, 0.3) is 0 Å². The first-order valence-electron chi connectivity index (χ1n) is 6.18. The molecule has 1 atom stereocenters. The zero-order valence-electron chi connectivity index (χ0n) is 10.3. The van der Waals surface area contributed by atoms with Gasteiger partial charge in [0.2, 0.25) is 0 Å². The molecule has 4 nitrogen and oxygen atoms in total. The number of carbonyl (C=O) groups is 1. The van der Waals surface area contributed by atoms with Crippen LogP contribution in [0.15, 0.2) is 0 Å². The highest BCUT2D eigenvalue weighted by Crippen LogP contribution is 2.21. The van der Waals surface area contributed by atoms with Gasteiger partial charge in [-0.05, 0) is 32.7 Å². The summed E-state index contributed by atoms with van der Waals surface area (Å²) < 4.78 is 5.69. The van der Waals surface area contributed by atoms with Crippen molar-refractivity contribution in [3.8, 4) is 0 Å². The number of likely N-dealkylation sites (N-methyl/N-ethyl adjacent to an activating group) is 1. The van der Waals surface area contributed by atoms with Crippen molar-refractivity contribution >= 4 is 5.97 Å². The number of ether oxygens (including phenoxy) is 1. The molecule has 0 amide bonds. The van der Waals surface area contributed by atoms with Crippen molar-refractivity contribution < 1.29 is 14.6 Å². The molecule has 1 fully saturated rings. The van der Waals surface area contributed by atoms with Crippen LogP contribution in [0.4, 0.5) is 0 Å². The highest BCUT2D eigenvalue weighted by Gasteiger charge is 2.31. The maximum atomic E-state index is 11.1. The zero-order valence-corrected chi connectivity index (χ0v) is 10.3. The maximum absolute atomic E-state index is 11.1. The van der Waals surface area contributed by atoms with Gasteiger partial charge >= 0.3 is 5.97 Å². The highest BCUT2D eigenvalue weighted by atomic mass is 16.5. The number of carboxylic acid groups (broad SMARTS) is 1. The van der Waals surface area contributed by atoms with Gasteiger partial charge in [0, 0.05) is 6.61 Å². The van der Waals surface area contributed by atoms with E-state index in [0.29, 0.717) is 25.7 Å².